The minimum Gasteiger partial charge on any atom is -0.478 e. The Morgan fingerprint density at radius 1 is 1.41 bits per heavy atom. The summed E-state index contributed by atoms with van der Waals surface area (Å²) in [5.41, 5.74) is 2.70. The number of aliphatic carboxylic acids is 1. The first-order valence-electron chi connectivity index (χ1n) is 7.61. The maximum absolute atomic E-state index is 11.2. The molecule has 0 aliphatic carbocycles. The van der Waals surface area contributed by atoms with Gasteiger partial charge in [0.15, 0.2) is 0 Å². The molecule has 0 radical (unpaired) electrons. The van der Waals surface area contributed by atoms with E-state index in [-0.39, 0.29) is 5.41 Å². The number of carboxylic acids is 1. The number of rotatable bonds is 5. The fourth-order valence-electron chi connectivity index (χ4n) is 2.90. The minimum atomic E-state index is -0.850. The van der Waals surface area contributed by atoms with E-state index in [2.05, 4.69) is 29.8 Å². The molecule has 3 rings (SSSR count). The molecule has 1 aliphatic rings. The Morgan fingerprint density at radius 2 is 2.18 bits per heavy atom. The molecule has 1 fully saturated rings. The van der Waals surface area contributed by atoms with Crippen LogP contribution < -0.4 is 0 Å². The third-order valence-electron chi connectivity index (χ3n) is 4.25. The zero-order chi connectivity index (χ0) is 15.7. The summed E-state index contributed by atoms with van der Waals surface area (Å²) in [5, 5.41) is 10.3. The van der Waals surface area contributed by atoms with Gasteiger partial charge in [-0.05, 0) is 35.6 Å². The average molecular weight is 299 g/mol. The van der Waals surface area contributed by atoms with Crippen molar-refractivity contribution in [2.45, 2.75) is 26.8 Å². The van der Waals surface area contributed by atoms with Gasteiger partial charge in [-0.1, -0.05) is 26.0 Å². The van der Waals surface area contributed by atoms with E-state index in [1.807, 2.05) is 19.1 Å². The summed E-state index contributed by atoms with van der Waals surface area (Å²) in [7, 11) is 0. The summed E-state index contributed by atoms with van der Waals surface area (Å²) in [6.07, 6.45) is 4.37. The zero-order valence-electron chi connectivity index (χ0n) is 13.0. The van der Waals surface area contributed by atoms with Crippen molar-refractivity contribution >= 4 is 22.9 Å². The summed E-state index contributed by atoms with van der Waals surface area (Å²) >= 11 is 0. The molecule has 1 N–H and O–H groups in total. The number of ether oxygens (including phenoxy) is 1. The van der Waals surface area contributed by atoms with Gasteiger partial charge in [0, 0.05) is 29.2 Å². The van der Waals surface area contributed by atoms with Crippen molar-refractivity contribution in [2.24, 2.45) is 5.41 Å². The molecule has 4 heteroatoms. The molecular formula is C18H21NO3. The molecule has 0 bridgehead atoms. The Morgan fingerprint density at radius 3 is 2.77 bits per heavy atom. The van der Waals surface area contributed by atoms with Crippen molar-refractivity contribution in [1.29, 1.82) is 0 Å². The van der Waals surface area contributed by atoms with E-state index in [0.717, 1.165) is 30.8 Å². The third kappa shape index (κ3) is 2.79. The lowest BCUT2D eigenvalue weighted by Gasteiger charge is -2.38. The normalized spacial score (nSPS) is 17.5. The van der Waals surface area contributed by atoms with Crippen molar-refractivity contribution in [1.82, 2.24) is 4.57 Å². The highest BCUT2D eigenvalue weighted by Gasteiger charge is 2.33. The fraction of sp³-hybridized carbons (Fsp3) is 0.389. The van der Waals surface area contributed by atoms with Crippen LogP contribution in [0.1, 0.15) is 25.8 Å². The summed E-state index contributed by atoms with van der Waals surface area (Å²) < 4.78 is 7.57. The number of benzene rings is 1. The van der Waals surface area contributed by atoms with Crippen LogP contribution in [0.2, 0.25) is 0 Å². The van der Waals surface area contributed by atoms with Crippen LogP contribution in [0.25, 0.3) is 17.0 Å². The summed E-state index contributed by atoms with van der Waals surface area (Å²) in [6.45, 7) is 6.60. The van der Waals surface area contributed by atoms with Crippen molar-refractivity contribution in [3.63, 3.8) is 0 Å². The van der Waals surface area contributed by atoms with Crippen LogP contribution in [-0.4, -0.2) is 28.9 Å². The number of hydrogen-bond acceptors (Lipinski definition) is 2. The number of carboxylic acid groups (broad SMARTS) is 1. The van der Waals surface area contributed by atoms with Gasteiger partial charge in [0.1, 0.15) is 0 Å². The molecule has 2 heterocycles. The van der Waals surface area contributed by atoms with E-state index >= 15 is 0 Å². The van der Waals surface area contributed by atoms with E-state index in [0.29, 0.717) is 12.0 Å². The van der Waals surface area contributed by atoms with Gasteiger partial charge in [0.05, 0.1) is 13.2 Å². The van der Waals surface area contributed by atoms with E-state index < -0.39 is 5.97 Å². The topological polar surface area (TPSA) is 51.5 Å². The van der Waals surface area contributed by atoms with Gasteiger partial charge in [-0.15, -0.1) is 0 Å². The average Bonchev–Trinajstić information content (AvgIpc) is 2.85. The van der Waals surface area contributed by atoms with Crippen LogP contribution in [0.5, 0.6) is 0 Å². The van der Waals surface area contributed by atoms with Crippen LogP contribution in [-0.2, 0) is 16.1 Å². The van der Waals surface area contributed by atoms with E-state index in [4.69, 9.17) is 9.84 Å². The summed E-state index contributed by atoms with van der Waals surface area (Å²) in [4.78, 5) is 11.2. The van der Waals surface area contributed by atoms with Gasteiger partial charge in [-0.25, -0.2) is 4.79 Å². The van der Waals surface area contributed by atoms with Gasteiger partial charge in [0.2, 0.25) is 0 Å². The summed E-state index contributed by atoms with van der Waals surface area (Å²) in [6, 6.07) is 8.19. The van der Waals surface area contributed by atoms with Gasteiger partial charge in [-0.3, -0.25) is 0 Å². The highest BCUT2D eigenvalue weighted by Crippen LogP contribution is 2.30. The quantitative estimate of drug-likeness (QED) is 0.859. The lowest BCUT2D eigenvalue weighted by molar-refractivity contribution is -0.132. The van der Waals surface area contributed by atoms with Gasteiger partial charge >= 0.3 is 5.97 Å². The zero-order valence-corrected chi connectivity index (χ0v) is 13.0. The third-order valence-corrected chi connectivity index (χ3v) is 4.25. The Kier molecular flexibility index (Phi) is 3.79. The second-order valence-electron chi connectivity index (χ2n) is 6.39. The molecule has 1 saturated heterocycles. The predicted molar refractivity (Wildman–Crippen MR) is 86.8 cm³/mol. The van der Waals surface area contributed by atoms with Crippen LogP contribution in [0, 0.1) is 5.41 Å². The molecule has 1 aliphatic heterocycles. The predicted octanol–water partition coefficient (Wildman–Crippen LogP) is 3.56. The van der Waals surface area contributed by atoms with E-state index in [1.54, 1.807) is 6.08 Å². The van der Waals surface area contributed by atoms with Crippen molar-refractivity contribution < 1.29 is 14.6 Å². The Labute approximate surface area is 130 Å². The van der Waals surface area contributed by atoms with Crippen LogP contribution in [0.15, 0.2) is 36.0 Å². The standard InChI is InChI=1S/C18H21NO3/c1-3-14(17(20)21)8-13-4-5-15-6-7-19(16(15)9-13)10-18(2)11-22-12-18/h4-9H,3,10-12H2,1-2H3,(H,20,21)/b14-8+. The van der Waals surface area contributed by atoms with Gasteiger partial charge in [-0.2, -0.15) is 0 Å². The van der Waals surface area contributed by atoms with Crippen molar-refractivity contribution in [3.8, 4) is 0 Å². The maximum Gasteiger partial charge on any atom is 0.331 e. The van der Waals surface area contributed by atoms with Gasteiger partial charge < -0.3 is 14.4 Å². The number of fused-ring (bicyclic) bond motifs is 1. The van der Waals surface area contributed by atoms with Crippen LogP contribution in [0.3, 0.4) is 0 Å². The highest BCUT2D eigenvalue weighted by atomic mass is 16.5. The molecule has 1 aromatic carbocycles. The molecule has 0 atom stereocenters. The summed E-state index contributed by atoms with van der Waals surface area (Å²) in [5.74, 6) is -0.850. The number of hydrogen-bond donors (Lipinski definition) is 1. The Bertz CT molecular complexity index is 738. The second-order valence-corrected chi connectivity index (χ2v) is 6.39. The van der Waals surface area contributed by atoms with Crippen molar-refractivity contribution in [3.05, 3.63) is 41.6 Å². The van der Waals surface area contributed by atoms with Crippen molar-refractivity contribution in [2.75, 3.05) is 13.2 Å². The maximum atomic E-state index is 11.2. The smallest absolute Gasteiger partial charge is 0.331 e. The fourth-order valence-corrected chi connectivity index (χ4v) is 2.90. The first-order valence-corrected chi connectivity index (χ1v) is 7.61. The molecule has 0 amide bonds. The second kappa shape index (κ2) is 5.61. The Balaban J connectivity index is 1.96. The monoisotopic (exact) mass is 299 g/mol. The number of aromatic nitrogens is 1. The first kappa shape index (κ1) is 14.9. The van der Waals surface area contributed by atoms with E-state index in [9.17, 15) is 4.79 Å². The minimum absolute atomic E-state index is 0.202. The Hall–Kier alpha value is -2.07. The SMILES string of the molecule is CC/C(=C\c1ccc2ccn(CC3(C)COC3)c2c1)C(=O)O. The molecule has 0 saturated carbocycles. The molecule has 0 unspecified atom stereocenters. The van der Waals surface area contributed by atoms with Crippen LogP contribution in [0.4, 0.5) is 0 Å². The number of nitrogens with zero attached hydrogens (tertiary/aromatic N) is 1. The van der Waals surface area contributed by atoms with Gasteiger partial charge in [0.25, 0.3) is 0 Å². The van der Waals surface area contributed by atoms with E-state index in [1.165, 1.54) is 5.39 Å². The molecular weight excluding hydrogens is 278 g/mol. The lowest BCUT2D eigenvalue weighted by Crippen LogP contribution is -2.42. The number of carbonyl (C=O) groups is 1. The molecule has 116 valence electrons. The molecule has 4 nitrogen and oxygen atoms in total. The molecule has 1 aromatic heterocycles. The lowest BCUT2D eigenvalue weighted by atomic mass is 9.88. The van der Waals surface area contributed by atoms with Crippen LogP contribution >= 0.6 is 0 Å². The molecule has 22 heavy (non-hydrogen) atoms. The molecule has 2 aromatic rings. The highest BCUT2D eigenvalue weighted by molar-refractivity contribution is 5.93. The largest absolute Gasteiger partial charge is 0.478 e. The first-order chi connectivity index (χ1) is 10.5. The molecule has 0 spiro atoms.